The number of nitrogens with zero attached hydrogens (tertiary/aromatic N) is 3. The van der Waals surface area contributed by atoms with Gasteiger partial charge in [0.25, 0.3) is 11.8 Å². The molecule has 0 N–H and O–H groups in total. The third kappa shape index (κ3) is 1.57. The number of carbonyl (C=O) groups is 2. The molecule has 3 saturated heterocycles. The molecule has 0 unspecified atom stereocenters. The number of fused-ring (bicyclic) bond motifs is 1. The van der Waals surface area contributed by atoms with E-state index in [1.54, 1.807) is 31.0 Å². The number of rotatable bonds is 1. The highest BCUT2D eigenvalue weighted by molar-refractivity contribution is 8.04. The molecule has 3 heterocycles. The van der Waals surface area contributed by atoms with Gasteiger partial charge in [-0.2, -0.15) is 5.26 Å². The van der Waals surface area contributed by atoms with Crippen molar-refractivity contribution in [2.75, 3.05) is 7.05 Å². The lowest BCUT2D eigenvalue weighted by molar-refractivity contribution is -0.159. The topological polar surface area (TPSA) is 64.4 Å². The summed E-state index contributed by atoms with van der Waals surface area (Å²) in [6, 6.07) is 9.08. The van der Waals surface area contributed by atoms with Gasteiger partial charge in [0.1, 0.15) is 0 Å². The number of amides is 2. The molecule has 1 spiro atoms. The van der Waals surface area contributed by atoms with Crippen LogP contribution in [0.25, 0.3) is 0 Å². The fourth-order valence-corrected chi connectivity index (χ4v) is 6.36. The van der Waals surface area contributed by atoms with Gasteiger partial charge in [0.15, 0.2) is 9.74 Å². The molecule has 24 heavy (non-hydrogen) atoms. The molecule has 0 radical (unpaired) electrons. The van der Waals surface area contributed by atoms with E-state index in [0.29, 0.717) is 11.4 Å². The van der Waals surface area contributed by atoms with Crippen molar-refractivity contribution in [2.45, 2.75) is 36.1 Å². The Morgan fingerprint density at radius 2 is 1.88 bits per heavy atom. The van der Waals surface area contributed by atoms with E-state index in [9.17, 15) is 14.9 Å². The van der Waals surface area contributed by atoms with Gasteiger partial charge >= 0.3 is 0 Å². The zero-order valence-electron chi connectivity index (χ0n) is 13.5. The average molecular weight is 362 g/mol. The van der Waals surface area contributed by atoms with E-state index in [1.807, 2.05) is 19.1 Å². The fraction of sp³-hybridized carbons (Fsp3) is 0.471. The van der Waals surface area contributed by atoms with Gasteiger partial charge in [0, 0.05) is 18.5 Å². The highest BCUT2D eigenvalue weighted by Gasteiger charge is 2.78. The Kier molecular flexibility index (Phi) is 2.94. The Morgan fingerprint density at radius 3 is 2.46 bits per heavy atom. The summed E-state index contributed by atoms with van der Waals surface area (Å²) in [5, 5.41) is 10.4. The molecule has 5 nitrogen and oxygen atoms in total. The van der Waals surface area contributed by atoms with Gasteiger partial charge < -0.3 is 9.80 Å². The van der Waals surface area contributed by atoms with E-state index < -0.39 is 21.2 Å². The predicted octanol–water partition coefficient (Wildman–Crippen LogP) is 2.77. The SMILES string of the molecule is CN1C(=O)[C@@]23C[C@](C)(C#N)[C@H](c4ccc(Cl)cc4)N2C(=O)[C@]1(C)S3. The van der Waals surface area contributed by atoms with Gasteiger partial charge in [0.05, 0.1) is 17.5 Å². The molecule has 1 aromatic rings. The largest absolute Gasteiger partial charge is 0.320 e. The number of piperazine rings is 1. The van der Waals surface area contributed by atoms with Crippen LogP contribution >= 0.6 is 23.4 Å². The van der Waals surface area contributed by atoms with Crippen LogP contribution in [0, 0.1) is 16.7 Å². The molecule has 3 aliphatic heterocycles. The van der Waals surface area contributed by atoms with Crippen molar-refractivity contribution in [3.05, 3.63) is 34.9 Å². The summed E-state index contributed by atoms with van der Waals surface area (Å²) in [7, 11) is 1.67. The standard InChI is InChI=1S/C17H16ClN3O2S/c1-15(9-19)8-17-14(23)20(3)16(2,24-17)13(22)21(17)12(15)10-4-6-11(18)7-5-10/h4-7,12H,8H2,1-3H3/t12-,15+,16-,17-/m0/s1. The number of nitriles is 1. The molecule has 7 heteroatoms. The van der Waals surface area contributed by atoms with Crippen molar-refractivity contribution in [2.24, 2.45) is 5.41 Å². The normalized spacial score (nSPS) is 40.2. The van der Waals surface area contributed by atoms with Crippen molar-refractivity contribution in [3.8, 4) is 6.07 Å². The maximum Gasteiger partial charge on any atom is 0.261 e. The summed E-state index contributed by atoms with van der Waals surface area (Å²) in [5.41, 5.74) is -0.000517. The summed E-state index contributed by atoms with van der Waals surface area (Å²) in [6.07, 6.45) is 0.332. The van der Waals surface area contributed by atoms with Gasteiger partial charge in [-0.15, -0.1) is 0 Å². The Balaban J connectivity index is 1.92. The number of hydrogen-bond donors (Lipinski definition) is 0. The van der Waals surface area contributed by atoms with E-state index >= 15 is 0 Å². The van der Waals surface area contributed by atoms with Gasteiger partial charge in [-0.05, 0) is 31.5 Å². The lowest BCUT2D eigenvalue weighted by Crippen LogP contribution is -2.60. The minimum absolute atomic E-state index is 0.0902. The van der Waals surface area contributed by atoms with Gasteiger partial charge in [-0.1, -0.05) is 35.5 Å². The molecule has 1 aromatic carbocycles. The van der Waals surface area contributed by atoms with Crippen LogP contribution in [0.2, 0.25) is 5.02 Å². The Morgan fingerprint density at radius 1 is 1.25 bits per heavy atom. The lowest BCUT2D eigenvalue weighted by atomic mass is 9.79. The Bertz CT molecular complexity index is 822. The molecule has 4 rings (SSSR count). The molecule has 0 aromatic heterocycles. The quantitative estimate of drug-likeness (QED) is 0.771. The summed E-state index contributed by atoms with van der Waals surface area (Å²) in [6.45, 7) is 3.61. The van der Waals surface area contributed by atoms with Gasteiger partial charge in [-0.3, -0.25) is 9.59 Å². The number of carbonyl (C=O) groups excluding carboxylic acids is 2. The molecule has 4 atom stereocenters. The molecule has 0 saturated carbocycles. The van der Waals surface area contributed by atoms with E-state index in [4.69, 9.17) is 11.6 Å². The zero-order chi connectivity index (χ0) is 17.5. The van der Waals surface area contributed by atoms with Crippen LogP contribution in [-0.4, -0.2) is 38.4 Å². The summed E-state index contributed by atoms with van der Waals surface area (Å²) >= 11 is 7.35. The van der Waals surface area contributed by atoms with Crippen LogP contribution in [-0.2, 0) is 9.59 Å². The fourth-order valence-electron chi connectivity index (χ4n) is 4.29. The first kappa shape index (κ1) is 15.8. The number of hydrogen-bond acceptors (Lipinski definition) is 4. The molecule has 3 aliphatic rings. The zero-order valence-corrected chi connectivity index (χ0v) is 15.1. The van der Waals surface area contributed by atoms with Gasteiger partial charge in [-0.25, -0.2) is 0 Å². The van der Waals surface area contributed by atoms with E-state index in [2.05, 4.69) is 6.07 Å². The van der Waals surface area contributed by atoms with E-state index in [0.717, 1.165) is 5.56 Å². The second kappa shape index (κ2) is 4.47. The second-order valence-corrected chi connectivity index (χ2v) is 9.18. The van der Waals surface area contributed by atoms with Crippen LogP contribution in [0.5, 0.6) is 0 Å². The molecule has 2 amide bonds. The van der Waals surface area contributed by atoms with Crippen molar-refractivity contribution >= 4 is 35.2 Å². The summed E-state index contributed by atoms with van der Waals surface area (Å²) in [4.78, 5) is 27.4. The maximum atomic E-state index is 13.2. The number of likely N-dealkylation sites (N-methyl/N-ethyl adjacent to an activating group) is 1. The highest BCUT2D eigenvalue weighted by atomic mass is 35.5. The van der Waals surface area contributed by atoms with Gasteiger partial charge in [0.2, 0.25) is 0 Å². The van der Waals surface area contributed by atoms with Crippen molar-refractivity contribution in [1.82, 2.24) is 9.80 Å². The van der Waals surface area contributed by atoms with Crippen molar-refractivity contribution in [1.29, 1.82) is 5.26 Å². The van der Waals surface area contributed by atoms with Crippen LogP contribution < -0.4 is 0 Å². The lowest BCUT2D eigenvalue weighted by Gasteiger charge is -2.40. The first-order valence-electron chi connectivity index (χ1n) is 7.68. The molecule has 124 valence electrons. The molecular formula is C17H16ClN3O2S. The maximum absolute atomic E-state index is 13.2. The van der Waals surface area contributed by atoms with Crippen molar-refractivity contribution < 1.29 is 9.59 Å². The minimum atomic E-state index is -0.977. The Labute approximate surface area is 149 Å². The number of benzene rings is 1. The van der Waals surface area contributed by atoms with Crippen LogP contribution in [0.4, 0.5) is 0 Å². The molecule has 0 aliphatic carbocycles. The van der Waals surface area contributed by atoms with Crippen molar-refractivity contribution in [3.63, 3.8) is 0 Å². The highest BCUT2D eigenvalue weighted by Crippen LogP contribution is 2.69. The molecular weight excluding hydrogens is 346 g/mol. The predicted molar refractivity (Wildman–Crippen MR) is 90.9 cm³/mol. The first-order chi connectivity index (χ1) is 11.2. The van der Waals surface area contributed by atoms with E-state index in [-0.39, 0.29) is 11.8 Å². The summed E-state index contributed by atoms with van der Waals surface area (Å²) < 4.78 is 0. The third-order valence-corrected chi connectivity index (χ3v) is 7.51. The average Bonchev–Trinajstić information content (AvgIpc) is 3.02. The number of thioether (sulfide) groups is 1. The first-order valence-corrected chi connectivity index (χ1v) is 8.88. The number of halogens is 1. The van der Waals surface area contributed by atoms with Crippen LogP contribution in [0.1, 0.15) is 31.9 Å². The molecule has 2 bridgehead atoms. The van der Waals surface area contributed by atoms with Crippen LogP contribution in [0.3, 0.4) is 0 Å². The van der Waals surface area contributed by atoms with Crippen LogP contribution in [0.15, 0.2) is 24.3 Å². The minimum Gasteiger partial charge on any atom is -0.320 e. The summed E-state index contributed by atoms with van der Waals surface area (Å²) in [5.74, 6) is -0.193. The third-order valence-electron chi connectivity index (χ3n) is 5.56. The Hall–Kier alpha value is -1.71. The smallest absolute Gasteiger partial charge is 0.261 e. The monoisotopic (exact) mass is 361 g/mol. The molecule has 3 fully saturated rings. The van der Waals surface area contributed by atoms with E-state index in [1.165, 1.54) is 16.7 Å². The second-order valence-electron chi connectivity index (χ2n) is 7.07.